The van der Waals surface area contributed by atoms with Gasteiger partial charge in [-0.3, -0.25) is 0 Å². The van der Waals surface area contributed by atoms with E-state index < -0.39 is 10.0 Å². The van der Waals surface area contributed by atoms with Crippen LogP contribution in [-0.2, 0) is 16.6 Å². The molecule has 0 aliphatic heterocycles. The Bertz CT molecular complexity index is 648. The molecule has 0 aromatic carbocycles. The maximum Gasteiger partial charge on any atom is 0.250 e. The number of hydrogen-bond donors (Lipinski definition) is 2. The maximum absolute atomic E-state index is 12.5. The van der Waals surface area contributed by atoms with Crippen LogP contribution in [0, 0.1) is 0 Å². The highest BCUT2D eigenvalue weighted by Crippen LogP contribution is 2.26. The average Bonchev–Trinajstić information content (AvgIpc) is 3.13. The first-order valence-corrected chi connectivity index (χ1v) is 10.1. The van der Waals surface area contributed by atoms with Crippen LogP contribution in [0.5, 0.6) is 0 Å². The molecule has 7 heteroatoms. The van der Waals surface area contributed by atoms with Crippen LogP contribution < -0.4 is 10.0 Å². The second-order valence-electron chi connectivity index (χ2n) is 4.65. The van der Waals surface area contributed by atoms with Gasteiger partial charge in [0.25, 0.3) is 10.0 Å². The smallest absolute Gasteiger partial charge is 0.250 e. The molecule has 0 spiro atoms. The van der Waals surface area contributed by atoms with Gasteiger partial charge < -0.3 is 5.32 Å². The van der Waals surface area contributed by atoms with E-state index in [2.05, 4.69) is 10.0 Å². The Morgan fingerprint density at radius 1 is 1.29 bits per heavy atom. The first kappa shape index (κ1) is 16.6. The minimum Gasteiger partial charge on any atom is -0.313 e. The molecule has 0 saturated carbocycles. The predicted octanol–water partition coefficient (Wildman–Crippen LogP) is 3.35. The quantitative estimate of drug-likeness (QED) is 0.772. The van der Waals surface area contributed by atoms with E-state index in [1.807, 2.05) is 36.7 Å². The van der Waals surface area contributed by atoms with Crippen molar-refractivity contribution < 1.29 is 8.42 Å². The zero-order valence-electron chi connectivity index (χ0n) is 12.1. The van der Waals surface area contributed by atoms with Gasteiger partial charge in [0.2, 0.25) is 0 Å². The van der Waals surface area contributed by atoms with Crippen molar-refractivity contribution in [3.63, 3.8) is 0 Å². The molecule has 0 aliphatic rings. The fraction of sp³-hybridized carbons (Fsp3) is 0.429. The highest BCUT2D eigenvalue weighted by Gasteiger charge is 2.22. The van der Waals surface area contributed by atoms with Crippen molar-refractivity contribution in [2.24, 2.45) is 0 Å². The zero-order chi connectivity index (χ0) is 15.3. The van der Waals surface area contributed by atoms with E-state index in [1.54, 1.807) is 17.4 Å². The zero-order valence-corrected chi connectivity index (χ0v) is 14.6. The van der Waals surface area contributed by atoms with Gasteiger partial charge >= 0.3 is 0 Å². The van der Waals surface area contributed by atoms with Gasteiger partial charge in [-0.05, 0) is 41.4 Å². The lowest BCUT2D eigenvalue weighted by Crippen LogP contribution is -2.27. The fourth-order valence-corrected chi connectivity index (χ4v) is 5.39. The molecule has 0 fully saturated rings. The summed E-state index contributed by atoms with van der Waals surface area (Å²) in [4.78, 5) is 1.05. The minimum atomic E-state index is -3.45. The van der Waals surface area contributed by atoms with Gasteiger partial charge in [0.15, 0.2) is 0 Å². The topological polar surface area (TPSA) is 58.2 Å². The first-order chi connectivity index (χ1) is 10.1. The minimum absolute atomic E-state index is 0.158. The standard InChI is InChI=1S/C14H20N2O2S3/c1-3-12(13-6-5-7-19-13)16-21(17,18)14-8-11(10-20-14)9-15-4-2/h5-8,10,12,15-16H,3-4,9H2,1-2H3. The van der Waals surface area contributed by atoms with E-state index in [-0.39, 0.29) is 6.04 Å². The van der Waals surface area contributed by atoms with Gasteiger partial charge in [-0.15, -0.1) is 22.7 Å². The Hall–Kier alpha value is -0.730. The summed E-state index contributed by atoms with van der Waals surface area (Å²) in [6.45, 7) is 5.58. The fourth-order valence-electron chi connectivity index (χ4n) is 1.93. The Morgan fingerprint density at radius 3 is 2.71 bits per heavy atom. The molecule has 0 saturated heterocycles. The Labute approximate surface area is 134 Å². The van der Waals surface area contributed by atoms with Gasteiger partial charge in [0.05, 0.1) is 6.04 Å². The van der Waals surface area contributed by atoms with Crippen LogP contribution in [0.15, 0.2) is 33.2 Å². The van der Waals surface area contributed by atoms with E-state index in [9.17, 15) is 8.42 Å². The van der Waals surface area contributed by atoms with Crippen LogP contribution in [0.3, 0.4) is 0 Å². The molecule has 0 amide bonds. The summed E-state index contributed by atoms with van der Waals surface area (Å²) < 4.78 is 28.1. The Balaban J connectivity index is 2.12. The van der Waals surface area contributed by atoms with Crippen molar-refractivity contribution in [1.29, 1.82) is 0 Å². The summed E-state index contributed by atoms with van der Waals surface area (Å²) in [5, 5.41) is 7.05. The summed E-state index contributed by atoms with van der Waals surface area (Å²) >= 11 is 2.84. The van der Waals surface area contributed by atoms with E-state index in [1.165, 1.54) is 11.3 Å². The molecule has 4 nitrogen and oxygen atoms in total. The van der Waals surface area contributed by atoms with Crippen molar-refractivity contribution >= 4 is 32.7 Å². The van der Waals surface area contributed by atoms with E-state index in [0.717, 1.165) is 23.4 Å². The third-order valence-corrected chi connectivity index (χ3v) is 7.01. The third-order valence-electron chi connectivity index (χ3n) is 3.07. The van der Waals surface area contributed by atoms with Crippen molar-refractivity contribution in [2.75, 3.05) is 6.54 Å². The van der Waals surface area contributed by atoms with Crippen LogP contribution in [0.1, 0.15) is 36.8 Å². The van der Waals surface area contributed by atoms with Gasteiger partial charge in [-0.1, -0.05) is 19.9 Å². The lowest BCUT2D eigenvalue weighted by Gasteiger charge is -2.14. The number of thiophene rings is 2. The number of hydrogen-bond acceptors (Lipinski definition) is 5. The third kappa shape index (κ3) is 4.37. The van der Waals surface area contributed by atoms with Crippen LogP contribution in [-0.4, -0.2) is 15.0 Å². The molecule has 2 aromatic rings. The molecule has 2 N–H and O–H groups in total. The lowest BCUT2D eigenvalue weighted by atomic mass is 10.2. The average molecular weight is 345 g/mol. The predicted molar refractivity (Wildman–Crippen MR) is 89.4 cm³/mol. The highest BCUT2D eigenvalue weighted by atomic mass is 32.2. The molecular formula is C14H20N2O2S3. The molecule has 21 heavy (non-hydrogen) atoms. The molecule has 1 atom stereocenters. The van der Waals surface area contributed by atoms with Crippen LogP contribution in [0.4, 0.5) is 0 Å². The lowest BCUT2D eigenvalue weighted by molar-refractivity contribution is 0.555. The molecule has 116 valence electrons. The summed E-state index contributed by atoms with van der Waals surface area (Å²) in [7, 11) is -3.45. The van der Waals surface area contributed by atoms with E-state index >= 15 is 0 Å². The normalized spacial score (nSPS) is 13.4. The maximum atomic E-state index is 12.5. The summed E-state index contributed by atoms with van der Waals surface area (Å²) in [5.74, 6) is 0. The van der Waals surface area contributed by atoms with Gasteiger partial charge in [-0.2, -0.15) is 0 Å². The molecule has 0 aliphatic carbocycles. The SMILES string of the molecule is CCNCc1csc(S(=O)(=O)NC(CC)c2cccs2)c1. The highest BCUT2D eigenvalue weighted by molar-refractivity contribution is 7.91. The largest absolute Gasteiger partial charge is 0.313 e. The van der Waals surface area contributed by atoms with Gasteiger partial charge in [0, 0.05) is 11.4 Å². The van der Waals surface area contributed by atoms with Crippen molar-refractivity contribution in [3.05, 3.63) is 39.4 Å². The molecule has 0 bridgehead atoms. The van der Waals surface area contributed by atoms with Crippen LogP contribution in [0.2, 0.25) is 0 Å². The van der Waals surface area contributed by atoms with E-state index in [0.29, 0.717) is 10.8 Å². The summed E-state index contributed by atoms with van der Waals surface area (Å²) in [6, 6.07) is 5.49. The second-order valence-corrected chi connectivity index (χ2v) is 8.48. The second kappa shape index (κ2) is 7.51. The molecular weight excluding hydrogens is 324 g/mol. The van der Waals surface area contributed by atoms with E-state index in [4.69, 9.17) is 0 Å². The first-order valence-electron chi connectivity index (χ1n) is 6.90. The monoisotopic (exact) mass is 344 g/mol. The number of nitrogens with one attached hydrogen (secondary N) is 2. The van der Waals surface area contributed by atoms with Crippen molar-refractivity contribution in [2.45, 2.75) is 37.1 Å². The molecule has 0 radical (unpaired) electrons. The summed E-state index contributed by atoms with van der Waals surface area (Å²) in [6.07, 6.45) is 0.732. The Morgan fingerprint density at radius 2 is 2.10 bits per heavy atom. The molecule has 2 heterocycles. The molecule has 2 rings (SSSR count). The van der Waals surface area contributed by atoms with Crippen LogP contribution in [0.25, 0.3) is 0 Å². The molecule has 1 unspecified atom stereocenters. The number of sulfonamides is 1. The molecule has 2 aromatic heterocycles. The summed E-state index contributed by atoms with van der Waals surface area (Å²) in [5.41, 5.74) is 1.01. The van der Waals surface area contributed by atoms with Gasteiger partial charge in [0.1, 0.15) is 4.21 Å². The van der Waals surface area contributed by atoms with Crippen molar-refractivity contribution in [3.8, 4) is 0 Å². The number of rotatable bonds is 8. The van der Waals surface area contributed by atoms with Crippen LogP contribution >= 0.6 is 22.7 Å². The van der Waals surface area contributed by atoms with Gasteiger partial charge in [-0.25, -0.2) is 13.1 Å². The Kier molecular flexibility index (Phi) is 5.95. The van der Waals surface area contributed by atoms with Crippen molar-refractivity contribution in [1.82, 2.24) is 10.0 Å².